The third kappa shape index (κ3) is 3.23. The van der Waals surface area contributed by atoms with Crippen molar-refractivity contribution in [1.29, 1.82) is 0 Å². The van der Waals surface area contributed by atoms with E-state index < -0.39 is 38.4 Å². The Labute approximate surface area is 129 Å². The Bertz CT molecular complexity index is 818. The van der Waals surface area contributed by atoms with Crippen LogP contribution in [0.25, 0.3) is 0 Å². The SMILES string of the molecule is Cc1ccccc1NC(=O)c1cc([N+](=O)[O-])cc([N+](=O)[O-])c1[O-]. The Hall–Kier alpha value is -3.49. The molecule has 0 aromatic heterocycles. The number of nitro benzene ring substituents is 2. The Kier molecular flexibility index (Phi) is 4.21. The molecule has 0 heterocycles. The number of para-hydroxylation sites is 1. The van der Waals surface area contributed by atoms with E-state index in [0.29, 0.717) is 17.3 Å². The van der Waals surface area contributed by atoms with Gasteiger partial charge >= 0.3 is 0 Å². The minimum Gasteiger partial charge on any atom is -0.867 e. The summed E-state index contributed by atoms with van der Waals surface area (Å²) in [5.74, 6) is -2.12. The molecule has 0 atom stereocenters. The molecule has 0 bridgehead atoms. The van der Waals surface area contributed by atoms with Crippen LogP contribution in [-0.4, -0.2) is 15.8 Å². The van der Waals surface area contributed by atoms with Crippen LogP contribution in [0.1, 0.15) is 15.9 Å². The summed E-state index contributed by atoms with van der Waals surface area (Å²) in [6.45, 7) is 1.71. The molecule has 2 aromatic rings. The zero-order chi connectivity index (χ0) is 17.1. The number of non-ortho nitro benzene ring substituents is 1. The van der Waals surface area contributed by atoms with E-state index in [1.54, 1.807) is 31.2 Å². The lowest BCUT2D eigenvalue weighted by Crippen LogP contribution is -2.16. The molecule has 0 spiro atoms. The minimum absolute atomic E-state index is 0.394. The number of carbonyl (C=O) groups is 1. The highest BCUT2D eigenvalue weighted by molar-refractivity contribution is 6.07. The van der Waals surface area contributed by atoms with Crippen LogP contribution in [0.3, 0.4) is 0 Å². The summed E-state index contributed by atoms with van der Waals surface area (Å²) in [5.41, 5.74) is -1.28. The first kappa shape index (κ1) is 15.9. The highest BCUT2D eigenvalue weighted by Gasteiger charge is 2.22. The average Bonchev–Trinajstić information content (AvgIpc) is 2.49. The van der Waals surface area contributed by atoms with E-state index in [4.69, 9.17) is 0 Å². The van der Waals surface area contributed by atoms with Crippen molar-refractivity contribution in [3.05, 3.63) is 67.8 Å². The fourth-order valence-corrected chi connectivity index (χ4v) is 1.91. The van der Waals surface area contributed by atoms with Crippen molar-refractivity contribution < 1.29 is 19.7 Å². The third-order valence-corrected chi connectivity index (χ3v) is 3.10. The number of nitro groups is 2. The molecule has 0 saturated heterocycles. The summed E-state index contributed by atoms with van der Waals surface area (Å²) in [6.07, 6.45) is 0. The smallest absolute Gasteiger partial charge is 0.277 e. The molecular formula is C14H10N3O6-. The normalized spacial score (nSPS) is 10.1. The van der Waals surface area contributed by atoms with Crippen molar-refractivity contribution in [2.24, 2.45) is 0 Å². The van der Waals surface area contributed by atoms with Gasteiger partial charge < -0.3 is 10.4 Å². The molecule has 23 heavy (non-hydrogen) atoms. The third-order valence-electron chi connectivity index (χ3n) is 3.10. The molecule has 0 fully saturated rings. The van der Waals surface area contributed by atoms with E-state index in [-0.39, 0.29) is 0 Å². The maximum atomic E-state index is 12.2. The number of hydrogen-bond acceptors (Lipinski definition) is 6. The van der Waals surface area contributed by atoms with E-state index in [0.717, 1.165) is 6.07 Å². The number of hydrogen-bond donors (Lipinski definition) is 1. The molecule has 0 aliphatic rings. The zero-order valence-corrected chi connectivity index (χ0v) is 11.8. The van der Waals surface area contributed by atoms with Gasteiger partial charge in [0.1, 0.15) is 0 Å². The summed E-state index contributed by atoms with van der Waals surface area (Å²) in [7, 11) is 0. The van der Waals surface area contributed by atoms with Crippen molar-refractivity contribution >= 4 is 23.0 Å². The maximum absolute atomic E-state index is 12.2. The van der Waals surface area contributed by atoms with Gasteiger partial charge in [0.25, 0.3) is 17.3 Å². The Balaban J connectivity index is 2.49. The number of nitrogens with one attached hydrogen (secondary N) is 1. The lowest BCUT2D eigenvalue weighted by atomic mass is 10.1. The standard InChI is InChI=1S/C14H11N3O6/c1-8-4-2-3-5-11(8)15-14(19)10-6-9(16(20)21)7-12(13(10)18)17(22)23/h2-7,18H,1H3,(H,15,19)/p-1. The van der Waals surface area contributed by atoms with Gasteiger partial charge in [0.2, 0.25) is 0 Å². The highest BCUT2D eigenvalue weighted by Crippen LogP contribution is 2.32. The number of amides is 1. The van der Waals surface area contributed by atoms with Gasteiger partial charge in [0.15, 0.2) is 0 Å². The number of anilines is 1. The van der Waals surface area contributed by atoms with Crippen LogP contribution in [0.2, 0.25) is 0 Å². The molecule has 9 heteroatoms. The molecule has 0 saturated carbocycles. The highest BCUT2D eigenvalue weighted by atomic mass is 16.6. The largest absolute Gasteiger partial charge is 0.867 e. The van der Waals surface area contributed by atoms with Gasteiger partial charge in [-0.25, -0.2) is 0 Å². The lowest BCUT2D eigenvalue weighted by molar-refractivity contribution is -0.403. The molecule has 0 unspecified atom stereocenters. The van der Waals surface area contributed by atoms with Gasteiger partial charge in [-0.1, -0.05) is 18.2 Å². The van der Waals surface area contributed by atoms with Crippen molar-refractivity contribution in [2.45, 2.75) is 6.92 Å². The average molecular weight is 316 g/mol. The van der Waals surface area contributed by atoms with Gasteiger partial charge in [-0.2, -0.15) is 0 Å². The first-order chi connectivity index (χ1) is 10.8. The van der Waals surface area contributed by atoms with Crippen LogP contribution in [0.5, 0.6) is 5.75 Å². The fourth-order valence-electron chi connectivity index (χ4n) is 1.91. The summed E-state index contributed by atoms with van der Waals surface area (Å²) in [4.78, 5) is 31.9. The van der Waals surface area contributed by atoms with Gasteiger partial charge in [-0.05, 0) is 24.3 Å². The second kappa shape index (κ2) is 6.10. The number of nitrogens with zero attached hydrogens (tertiary/aromatic N) is 2. The monoisotopic (exact) mass is 316 g/mol. The van der Waals surface area contributed by atoms with Gasteiger partial charge in [0.05, 0.1) is 15.9 Å². The first-order valence-electron chi connectivity index (χ1n) is 6.32. The lowest BCUT2D eigenvalue weighted by Gasteiger charge is -2.14. The second-order valence-corrected chi connectivity index (χ2v) is 4.62. The molecule has 2 aromatic carbocycles. The molecular weight excluding hydrogens is 306 g/mol. The zero-order valence-electron chi connectivity index (χ0n) is 11.8. The molecule has 1 amide bonds. The number of benzene rings is 2. The molecule has 118 valence electrons. The fraction of sp³-hybridized carbons (Fsp3) is 0.0714. The molecule has 0 radical (unpaired) electrons. The summed E-state index contributed by atoms with van der Waals surface area (Å²) in [5, 5.41) is 36.1. The van der Waals surface area contributed by atoms with Crippen LogP contribution >= 0.6 is 0 Å². The predicted octanol–water partition coefficient (Wildman–Crippen LogP) is 2.14. The Morgan fingerprint density at radius 2 is 1.74 bits per heavy atom. The Morgan fingerprint density at radius 1 is 1.09 bits per heavy atom. The summed E-state index contributed by atoms with van der Waals surface area (Å²) < 4.78 is 0. The van der Waals surface area contributed by atoms with E-state index in [2.05, 4.69) is 5.32 Å². The van der Waals surface area contributed by atoms with Crippen LogP contribution < -0.4 is 10.4 Å². The second-order valence-electron chi connectivity index (χ2n) is 4.62. The maximum Gasteiger partial charge on any atom is 0.277 e. The van der Waals surface area contributed by atoms with Crippen molar-refractivity contribution in [3.63, 3.8) is 0 Å². The van der Waals surface area contributed by atoms with E-state index in [1.807, 2.05) is 0 Å². The Morgan fingerprint density at radius 3 is 2.30 bits per heavy atom. The van der Waals surface area contributed by atoms with E-state index in [1.165, 1.54) is 0 Å². The molecule has 2 rings (SSSR count). The van der Waals surface area contributed by atoms with Crippen LogP contribution in [0.15, 0.2) is 36.4 Å². The predicted molar refractivity (Wildman–Crippen MR) is 78.3 cm³/mol. The summed E-state index contributed by atoms with van der Waals surface area (Å²) in [6, 6.07) is 7.93. The molecule has 0 aliphatic carbocycles. The van der Waals surface area contributed by atoms with E-state index >= 15 is 0 Å². The first-order valence-corrected chi connectivity index (χ1v) is 6.32. The summed E-state index contributed by atoms with van der Waals surface area (Å²) >= 11 is 0. The van der Waals surface area contributed by atoms with Crippen molar-refractivity contribution in [1.82, 2.24) is 0 Å². The quantitative estimate of drug-likeness (QED) is 0.677. The van der Waals surface area contributed by atoms with Crippen molar-refractivity contribution in [2.75, 3.05) is 5.32 Å². The van der Waals surface area contributed by atoms with Crippen LogP contribution in [0.4, 0.5) is 17.1 Å². The molecule has 1 N–H and O–H groups in total. The molecule has 0 aliphatic heterocycles. The van der Waals surface area contributed by atoms with Crippen LogP contribution in [0, 0.1) is 27.2 Å². The van der Waals surface area contributed by atoms with Crippen molar-refractivity contribution in [3.8, 4) is 5.75 Å². The number of rotatable bonds is 4. The van der Waals surface area contributed by atoms with Gasteiger partial charge in [-0.3, -0.25) is 25.0 Å². The number of carbonyl (C=O) groups excluding carboxylic acids is 1. The molecule has 9 nitrogen and oxygen atoms in total. The topological polar surface area (TPSA) is 138 Å². The van der Waals surface area contributed by atoms with Gasteiger partial charge in [-0.15, -0.1) is 0 Å². The van der Waals surface area contributed by atoms with E-state index in [9.17, 15) is 30.1 Å². The van der Waals surface area contributed by atoms with Crippen LogP contribution in [-0.2, 0) is 0 Å². The minimum atomic E-state index is -1.17. The van der Waals surface area contributed by atoms with Gasteiger partial charge in [0, 0.05) is 17.3 Å². The number of aryl methyl sites for hydroxylation is 1.